The number of rotatable bonds is 1. The maximum absolute atomic E-state index is 3.99. The van der Waals surface area contributed by atoms with Crippen LogP contribution in [-0.2, 0) is 0 Å². The topological polar surface area (TPSA) is 54.5 Å². The molecule has 1 N–H and O–H groups in total. The van der Waals surface area contributed by atoms with Crippen molar-refractivity contribution in [2.45, 2.75) is 0 Å². The van der Waals surface area contributed by atoms with Gasteiger partial charge < -0.3 is 0 Å². The van der Waals surface area contributed by atoms with Gasteiger partial charge in [-0.3, -0.25) is 5.10 Å². The quantitative estimate of drug-likeness (QED) is 0.649. The molecule has 11 heavy (non-hydrogen) atoms. The van der Waals surface area contributed by atoms with Crippen molar-refractivity contribution >= 4 is 0 Å². The Labute approximate surface area is 63.3 Å². The molecule has 0 radical (unpaired) electrons. The van der Waals surface area contributed by atoms with Gasteiger partial charge in [0.15, 0.2) is 0 Å². The van der Waals surface area contributed by atoms with Gasteiger partial charge >= 0.3 is 0 Å². The van der Waals surface area contributed by atoms with Crippen molar-refractivity contribution in [3.05, 3.63) is 30.7 Å². The summed E-state index contributed by atoms with van der Waals surface area (Å²) in [5, 5.41) is 14.1. The van der Waals surface area contributed by atoms with Crippen LogP contribution < -0.4 is 0 Å². The Bertz CT molecular complexity index is 313. The molecule has 2 rings (SSSR count). The molecule has 0 fully saturated rings. The third-order valence-electron chi connectivity index (χ3n) is 1.38. The molecule has 0 aliphatic heterocycles. The Morgan fingerprint density at radius 1 is 1.18 bits per heavy atom. The minimum Gasteiger partial charge on any atom is -0.285 e. The van der Waals surface area contributed by atoms with Crippen LogP contribution in [0.5, 0.6) is 0 Å². The minimum atomic E-state index is 0.889. The van der Waals surface area contributed by atoms with Crippen molar-refractivity contribution in [1.82, 2.24) is 20.4 Å². The number of nitrogens with one attached hydrogen (secondary N) is 1. The lowest BCUT2D eigenvalue weighted by molar-refractivity contribution is 1.03. The van der Waals surface area contributed by atoms with Crippen LogP contribution in [0.25, 0.3) is 11.3 Å². The number of aromatic amines is 1. The molecular weight excluding hydrogens is 140 g/mol. The van der Waals surface area contributed by atoms with Crippen molar-refractivity contribution < 1.29 is 0 Å². The highest BCUT2D eigenvalue weighted by molar-refractivity contribution is 5.55. The van der Waals surface area contributed by atoms with E-state index in [4.69, 9.17) is 0 Å². The first kappa shape index (κ1) is 6.03. The zero-order chi connectivity index (χ0) is 7.52. The van der Waals surface area contributed by atoms with Gasteiger partial charge in [0.2, 0.25) is 0 Å². The van der Waals surface area contributed by atoms with E-state index in [1.54, 1.807) is 18.6 Å². The molecule has 0 aliphatic rings. The lowest BCUT2D eigenvalue weighted by atomic mass is 10.2. The molecule has 4 nitrogen and oxygen atoms in total. The summed E-state index contributed by atoms with van der Waals surface area (Å²) in [6.07, 6.45) is 5.09. The van der Waals surface area contributed by atoms with Gasteiger partial charge in [0.1, 0.15) is 0 Å². The van der Waals surface area contributed by atoms with Crippen LogP contribution in [0, 0.1) is 0 Å². The first-order chi connectivity index (χ1) is 5.47. The average Bonchev–Trinajstić information content (AvgIpc) is 2.58. The van der Waals surface area contributed by atoms with Crippen LogP contribution in [0.15, 0.2) is 30.7 Å². The fraction of sp³-hybridized carbons (Fsp3) is 0. The molecule has 0 unspecified atom stereocenters. The lowest BCUT2D eigenvalue weighted by Crippen LogP contribution is -1.81. The molecule has 2 aromatic heterocycles. The standard InChI is InChI=1S/C7H6N4/c1-3-8-10-5-6(1)7-2-4-9-11-7/h1-5H,(H,9,11). The highest BCUT2D eigenvalue weighted by Crippen LogP contribution is 2.11. The fourth-order valence-corrected chi connectivity index (χ4v) is 0.863. The molecule has 0 atom stereocenters. The monoisotopic (exact) mass is 146 g/mol. The molecule has 0 aliphatic carbocycles. The normalized spacial score (nSPS) is 9.82. The van der Waals surface area contributed by atoms with Crippen LogP contribution >= 0.6 is 0 Å². The van der Waals surface area contributed by atoms with E-state index in [-0.39, 0.29) is 0 Å². The van der Waals surface area contributed by atoms with Crippen LogP contribution in [-0.4, -0.2) is 20.4 Å². The number of hydrogen-bond acceptors (Lipinski definition) is 3. The molecule has 0 bridgehead atoms. The van der Waals surface area contributed by atoms with Gasteiger partial charge in [-0.25, -0.2) is 0 Å². The molecule has 0 saturated carbocycles. The molecule has 2 aromatic rings. The molecule has 2 heterocycles. The zero-order valence-corrected chi connectivity index (χ0v) is 5.73. The van der Waals surface area contributed by atoms with E-state index in [0.29, 0.717) is 0 Å². The molecule has 0 saturated heterocycles. The number of H-pyrrole nitrogens is 1. The lowest BCUT2D eigenvalue weighted by Gasteiger charge is -1.90. The second kappa shape index (κ2) is 2.49. The molecule has 54 valence electrons. The van der Waals surface area contributed by atoms with Crippen molar-refractivity contribution in [1.29, 1.82) is 0 Å². The molecule has 0 amide bonds. The zero-order valence-electron chi connectivity index (χ0n) is 5.73. The fourth-order valence-electron chi connectivity index (χ4n) is 0.863. The number of hydrogen-bond donors (Lipinski definition) is 1. The maximum atomic E-state index is 3.99. The van der Waals surface area contributed by atoms with E-state index in [1.807, 2.05) is 12.1 Å². The van der Waals surface area contributed by atoms with Gasteiger partial charge in [0.05, 0.1) is 18.1 Å². The maximum Gasteiger partial charge on any atom is 0.0937 e. The third-order valence-corrected chi connectivity index (χ3v) is 1.38. The highest BCUT2D eigenvalue weighted by Gasteiger charge is 1.96. The van der Waals surface area contributed by atoms with Gasteiger partial charge in [-0.2, -0.15) is 15.3 Å². The van der Waals surface area contributed by atoms with Gasteiger partial charge in [-0.1, -0.05) is 0 Å². The Balaban J connectivity index is 2.46. The molecular formula is C7H6N4. The van der Waals surface area contributed by atoms with Gasteiger partial charge in [0, 0.05) is 11.8 Å². The van der Waals surface area contributed by atoms with Crippen LogP contribution in [0.1, 0.15) is 0 Å². The average molecular weight is 146 g/mol. The molecule has 4 heteroatoms. The van der Waals surface area contributed by atoms with E-state index in [0.717, 1.165) is 11.3 Å². The first-order valence-electron chi connectivity index (χ1n) is 3.23. The van der Waals surface area contributed by atoms with Crippen molar-refractivity contribution in [3.63, 3.8) is 0 Å². The van der Waals surface area contributed by atoms with Crippen LogP contribution in [0.3, 0.4) is 0 Å². The summed E-state index contributed by atoms with van der Waals surface area (Å²) in [5.41, 5.74) is 1.86. The van der Waals surface area contributed by atoms with E-state index < -0.39 is 0 Å². The molecule has 0 aromatic carbocycles. The Morgan fingerprint density at radius 2 is 2.18 bits per heavy atom. The summed E-state index contributed by atoms with van der Waals surface area (Å²) in [6.45, 7) is 0. The van der Waals surface area contributed by atoms with Crippen molar-refractivity contribution in [2.75, 3.05) is 0 Å². The predicted octanol–water partition coefficient (Wildman–Crippen LogP) is 0.867. The van der Waals surface area contributed by atoms with Crippen molar-refractivity contribution in [3.8, 4) is 11.3 Å². The summed E-state index contributed by atoms with van der Waals surface area (Å²) in [6, 6.07) is 3.75. The largest absolute Gasteiger partial charge is 0.285 e. The van der Waals surface area contributed by atoms with Gasteiger partial charge in [-0.05, 0) is 12.1 Å². The SMILES string of the molecule is c1cc(-c2cc[nH]n2)cnn1. The van der Waals surface area contributed by atoms with E-state index >= 15 is 0 Å². The number of nitrogens with zero attached hydrogens (tertiary/aromatic N) is 3. The molecule has 0 spiro atoms. The Hall–Kier alpha value is -1.71. The van der Waals surface area contributed by atoms with Gasteiger partial charge in [0.25, 0.3) is 0 Å². The number of aromatic nitrogens is 4. The van der Waals surface area contributed by atoms with Crippen LogP contribution in [0.2, 0.25) is 0 Å². The highest BCUT2D eigenvalue weighted by atomic mass is 15.1. The van der Waals surface area contributed by atoms with Gasteiger partial charge in [-0.15, -0.1) is 0 Å². The van der Waals surface area contributed by atoms with Crippen molar-refractivity contribution in [2.24, 2.45) is 0 Å². The predicted molar refractivity (Wildman–Crippen MR) is 39.6 cm³/mol. The third kappa shape index (κ3) is 1.10. The summed E-state index contributed by atoms with van der Waals surface area (Å²) in [7, 11) is 0. The second-order valence-electron chi connectivity index (χ2n) is 2.09. The van der Waals surface area contributed by atoms with E-state index in [1.165, 1.54) is 0 Å². The second-order valence-corrected chi connectivity index (χ2v) is 2.09. The van der Waals surface area contributed by atoms with E-state index in [2.05, 4.69) is 20.4 Å². The van der Waals surface area contributed by atoms with Crippen LogP contribution in [0.4, 0.5) is 0 Å². The summed E-state index contributed by atoms with van der Waals surface area (Å²) in [5.74, 6) is 0. The first-order valence-corrected chi connectivity index (χ1v) is 3.23. The Kier molecular flexibility index (Phi) is 1.37. The van der Waals surface area contributed by atoms with E-state index in [9.17, 15) is 0 Å². The Morgan fingerprint density at radius 3 is 2.82 bits per heavy atom. The minimum absolute atomic E-state index is 0.889. The summed E-state index contributed by atoms with van der Waals surface area (Å²) < 4.78 is 0. The summed E-state index contributed by atoms with van der Waals surface area (Å²) >= 11 is 0. The smallest absolute Gasteiger partial charge is 0.0937 e. The summed E-state index contributed by atoms with van der Waals surface area (Å²) in [4.78, 5) is 0.